The summed E-state index contributed by atoms with van der Waals surface area (Å²) >= 11 is 0. The number of rotatable bonds is 4. The zero-order valence-corrected chi connectivity index (χ0v) is 16.3. The lowest BCUT2D eigenvalue weighted by molar-refractivity contribution is 0.102. The molecular formula is C23H23FN4O. The van der Waals surface area contributed by atoms with Crippen LogP contribution >= 0.6 is 0 Å². The first kappa shape index (κ1) is 19.1. The maximum absolute atomic E-state index is 14.0. The second-order valence-electron chi connectivity index (χ2n) is 7.40. The summed E-state index contributed by atoms with van der Waals surface area (Å²) in [5.74, 6) is 0.958. The van der Waals surface area contributed by atoms with Gasteiger partial charge >= 0.3 is 0 Å². The van der Waals surface area contributed by atoms with E-state index in [1.54, 1.807) is 18.2 Å². The zero-order chi connectivity index (χ0) is 20.2. The van der Waals surface area contributed by atoms with Gasteiger partial charge in [0.2, 0.25) is 0 Å². The van der Waals surface area contributed by atoms with E-state index in [9.17, 15) is 9.18 Å². The van der Waals surface area contributed by atoms with E-state index in [1.807, 2.05) is 30.3 Å². The molecule has 0 unspecified atom stereocenters. The van der Waals surface area contributed by atoms with Crippen LogP contribution in [-0.4, -0.2) is 29.0 Å². The molecule has 0 aliphatic carbocycles. The number of hydrogen-bond donors (Lipinski definition) is 1. The predicted octanol–water partition coefficient (Wildman–Crippen LogP) is 4.77. The van der Waals surface area contributed by atoms with Gasteiger partial charge < -0.3 is 10.2 Å². The van der Waals surface area contributed by atoms with Gasteiger partial charge in [0.05, 0.1) is 5.69 Å². The second kappa shape index (κ2) is 8.39. The van der Waals surface area contributed by atoms with Gasteiger partial charge in [-0.05, 0) is 30.9 Å². The Morgan fingerprint density at radius 3 is 2.45 bits per heavy atom. The monoisotopic (exact) mass is 390 g/mol. The summed E-state index contributed by atoms with van der Waals surface area (Å²) in [5, 5.41) is 2.62. The van der Waals surface area contributed by atoms with Crippen LogP contribution in [-0.2, 0) is 0 Å². The van der Waals surface area contributed by atoms with Crippen LogP contribution in [0.2, 0.25) is 0 Å². The first-order valence-electron chi connectivity index (χ1n) is 9.85. The topological polar surface area (TPSA) is 58.1 Å². The standard InChI is InChI=1S/C23H23FN4O/c1-16-11-13-28(14-12-16)21-15-20(23(29)26-19-10-6-5-9-18(19)24)25-22(27-21)17-7-3-2-4-8-17/h2-10,15-16H,11-14H2,1H3,(H,26,29). The molecule has 2 aromatic carbocycles. The van der Waals surface area contributed by atoms with Crippen LogP contribution in [0.1, 0.15) is 30.3 Å². The third-order valence-electron chi connectivity index (χ3n) is 5.21. The number of nitrogens with zero attached hydrogens (tertiary/aromatic N) is 3. The number of halogens is 1. The second-order valence-corrected chi connectivity index (χ2v) is 7.40. The molecule has 29 heavy (non-hydrogen) atoms. The van der Waals surface area contributed by atoms with Crippen molar-refractivity contribution in [3.05, 3.63) is 72.2 Å². The Labute approximate surface area is 169 Å². The first-order chi connectivity index (χ1) is 14.1. The van der Waals surface area contributed by atoms with Crippen LogP contribution in [0.25, 0.3) is 11.4 Å². The Bertz CT molecular complexity index is 1000. The van der Waals surface area contributed by atoms with Crippen LogP contribution in [0.3, 0.4) is 0 Å². The van der Waals surface area contributed by atoms with Crippen molar-refractivity contribution in [2.45, 2.75) is 19.8 Å². The summed E-state index contributed by atoms with van der Waals surface area (Å²) in [6, 6.07) is 17.4. The summed E-state index contributed by atoms with van der Waals surface area (Å²) in [5.41, 5.74) is 1.18. The molecule has 1 aliphatic heterocycles. The third-order valence-corrected chi connectivity index (χ3v) is 5.21. The van der Waals surface area contributed by atoms with Crippen molar-refractivity contribution >= 4 is 17.4 Å². The van der Waals surface area contributed by atoms with E-state index in [4.69, 9.17) is 4.98 Å². The van der Waals surface area contributed by atoms with Gasteiger partial charge in [0, 0.05) is 24.7 Å². The molecule has 4 rings (SSSR count). The smallest absolute Gasteiger partial charge is 0.274 e. The largest absolute Gasteiger partial charge is 0.356 e. The molecule has 3 aromatic rings. The van der Waals surface area contributed by atoms with E-state index in [-0.39, 0.29) is 11.4 Å². The predicted molar refractivity (Wildman–Crippen MR) is 112 cm³/mol. The molecule has 1 aliphatic rings. The summed E-state index contributed by atoms with van der Waals surface area (Å²) in [6.45, 7) is 4.03. The van der Waals surface area contributed by atoms with Crippen molar-refractivity contribution in [3.8, 4) is 11.4 Å². The fraction of sp³-hybridized carbons (Fsp3) is 0.261. The maximum Gasteiger partial charge on any atom is 0.274 e. The molecule has 6 heteroatoms. The Morgan fingerprint density at radius 2 is 1.72 bits per heavy atom. The number of benzene rings is 2. The molecule has 2 heterocycles. The minimum absolute atomic E-state index is 0.130. The Kier molecular flexibility index (Phi) is 5.51. The van der Waals surface area contributed by atoms with Crippen molar-refractivity contribution in [3.63, 3.8) is 0 Å². The average Bonchev–Trinajstić information content (AvgIpc) is 2.76. The van der Waals surface area contributed by atoms with Crippen LogP contribution in [0.5, 0.6) is 0 Å². The number of carbonyl (C=O) groups excluding carboxylic acids is 1. The lowest BCUT2D eigenvalue weighted by Crippen LogP contribution is -2.33. The molecule has 1 fully saturated rings. The molecular weight excluding hydrogens is 367 g/mol. The van der Waals surface area contributed by atoms with Crippen molar-refractivity contribution in [1.82, 2.24) is 9.97 Å². The highest BCUT2D eigenvalue weighted by Gasteiger charge is 2.21. The number of hydrogen-bond acceptors (Lipinski definition) is 4. The highest BCUT2D eigenvalue weighted by atomic mass is 19.1. The molecule has 0 radical (unpaired) electrons. The van der Waals surface area contributed by atoms with Gasteiger partial charge in [0.25, 0.3) is 5.91 Å². The van der Waals surface area contributed by atoms with E-state index in [1.165, 1.54) is 12.1 Å². The fourth-order valence-electron chi connectivity index (χ4n) is 3.42. The molecule has 0 bridgehead atoms. The Morgan fingerprint density at radius 1 is 1.03 bits per heavy atom. The quantitative estimate of drug-likeness (QED) is 0.697. The molecule has 0 saturated carbocycles. The van der Waals surface area contributed by atoms with Gasteiger partial charge in [-0.3, -0.25) is 4.79 Å². The van der Waals surface area contributed by atoms with Crippen LogP contribution in [0.4, 0.5) is 15.9 Å². The highest BCUT2D eigenvalue weighted by molar-refractivity contribution is 6.03. The molecule has 0 atom stereocenters. The number of para-hydroxylation sites is 1. The molecule has 5 nitrogen and oxygen atoms in total. The average molecular weight is 390 g/mol. The van der Waals surface area contributed by atoms with Gasteiger partial charge in [0.15, 0.2) is 5.82 Å². The summed E-state index contributed by atoms with van der Waals surface area (Å²) < 4.78 is 14.0. The first-order valence-corrected chi connectivity index (χ1v) is 9.85. The minimum Gasteiger partial charge on any atom is -0.356 e. The van der Waals surface area contributed by atoms with Gasteiger partial charge in [-0.1, -0.05) is 49.4 Å². The molecule has 1 aromatic heterocycles. The van der Waals surface area contributed by atoms with Crippen LogP contribution < -0.4 is 10.2 Å². The fourth-order valence-corrected chi connectivity index (χ4v) is 3.42. The zero-order valence-electron chi connectivity index (χ0n) is 16.3. The number of aromatic nitrogens is 2. The summed E-state index contributed by atoms with van der Waals surface area (Å²) in [7, 11) is 0. The number of nitrogens with one attached hydrogen (secondary N) is 1. The normalized spacial score (nSPS) is 14.6. The minimum atomic E-state index is -0.483. The van der Waals surface area contributed by atoms with Gasteiger partial charge in [-0.15, -0.1) is 0 Å². The molecule has 1 N–H and O–H groups in total. The Balaban J connectivity index is 1.69. The van der Waals surface area contributed by atoms with E-state index in [0.29, 0.717) is 11.7 Å². The number of amides is 1. The number of anilines is 2. The number of piperidine rings is 1. The summed E-state index contributed by atoms with van der Waals surface area (Å²) in [6.07, 6.45) is 2.17. The van der Waals surface area contributed by atoms with Crippen molar-refractivity contribution < 1.29 is 9.18 Å². The SMILES string of the molecule is CC1CCN(c2cc(C(=O)Nc3ccccc3F)nc(-c3ccccc3)n2)CC1. The molecule has 0 spiro atoms. The van der Waals surface area contributed by atoms with Crippen molar-refractivity contribution in [2.24, 2.45) is 5.92 Å². The van der Waals surface area contributed by atoms with Crippen molar-refractivity contribution in [2.75, 3.05) is 23.3 Å². The van der Waals surface area contributed by atoms with E-state index in [0.717, 1.165) is 37.3 Å². The van der Waals surface area contributed by atoms with Gasteiger partial charge in [-0.2, -0.15) is 0 Å². The number of carbonyl (C=O) groups is 1. The van der Waals surface area contributed by atoms with Crippen LogP contribution in [0.15, 0.2) is 60.7 Å². The molecule has 148 valence electrons. The lowest BCUT2D eigenvalue weighted by atomic mass is 9.99. The third kappa shape index (κ3) is 4.42. The highest BCUT2D eigenvalue weighted by Crippen LogP contribution is 2.25. The lowest BCUT2D eigenvalue weighted by Gasteiger charge is -2.31. The van der Waals surface area contributed by atoms with E-state index < -0.39 is 11.7 Å². The molecule has 1 amide bonds. The maximum atomic E-state index is 14.0. The van der Waals surface area contributed by atoms with Crippen molar-refractivity contribution in [1.29, 1.82) is 0 Å². The van der Waals surface area contributed by atoms with Crippen LogP contribution in [0, 0.1) is 11.7 Å². The van der Waals surface area contributed by atoms with E-state index >= 15 is 0 Å². The van der Waals surface area contributed by atoms with Gasteiger partial charge in [0.1, 0.15) is 17.3 Å². The van der Waals surface area contributed by atoms with E-state index in [2.05, 4.69) is 22.1 Å². The molecule has 1 saturated heterocycles. The Hall–Kier alpha value is -3.28. The van der Waals surface area contributed by atoms with Gasteiger partial charge in [-0.25, -0.2) is 14.4 Å². The summed E-state index contributed by atoms with van der Waals surface area (Å²) in [4.78, 5) is 24.2.